The first-order valence-corrected chi connectivity index (χ1v) is 7.26. The summed E-state index contributed by atoms with van der Waals surface area (Å²) >= 11 is 0. The van der Waals surface area contributed by atoms with Gasteiger partial charge in [0.2, 0.25) is 5.91 Å². The van der Waals surface area contributed by atoms with Crippen LogP contribution in [0.3, 0.4) is 0 Å². The summed E-state index contributed by atoms with van der Waals surface area (Å²) in [6.07, 6.45) is 1.25. The smallest absolute Gasteiger partial charge is 0.311 e. The molecule has 0 bridgehead atoms. The van der Waals surface area contributed by atoms with Crippen LogP contribution in [0.2, 0.25) is 0 Å². The summed E-state index contributed by atoms with van der Waals surface area (Å²) in [4.78, 5) is 49.4. The van der Waals surface area contributed by atoms with Gasteiger partial charge in [-0.05, 0) is 19.4 Å². The molecular formula is C15H15N5O5. The van der Waals surface area contributed by atoms with E-state index >= 15 is 0 Å². The van der Waals surface area contributed by atoms with Crippen LogP contribution in [0.5, 0.6) is 0 Å². The third-order valence-electron chi connectivity index (χ3n) is 3.38. The van der Waals surface area contributed by atoms with Gasteiger partial charge in [-0.2, -0.15) is 5.10 Å². The maximum absolute atomic E-state index is 11.8. The van der Waals surface area contributed by atoms with Crippen molar-refractivity contribution in [1.29, 1.82) is 0 Å². The fourth-order valence-corrected chi connectivity index (χ4v) is 2.16. The maximum Gasteiger partial charge on any atom is 0.325 e. The number of nitro groups is 1. The molecule has 3 N–H and O–H groups in total. The van der Waals surface area contributed by atoms with Crippen molar-refractivity contribution in [1.82, 2.24) is 15.4 Å². The van der Waals surface area contributed by atoms with E-state index in [1.54, 1.807) is 13.0 Å². The molecule has 0 saturated heterocycles. The van der Waals surface area contributed by atoms with Crippen LogP contribution in [-0.2, 0) is 11.2 Å². The summed E-state index contributed by atoms with van der Waals surface area (Å²) in [6.45, 7) is 1.57. The molecule has 0 saturated carbocycles. The van der Waals surface area contributed by atoms with E-state index in [1.807, 2.05) is 0 Å². The van der Waals surface area contributed by atoms with Crippen molar-refractivity contribution in [2.24, 2.45) is 5.10 Å². The Kier molecular flexibility index (Phi) is 5.56. The number of para-hydroxylation sites is 1. The summed E-state index contributed by atoms with van der Waals surface area (Å²) in [6, 6.07) is 5.96. The number of H-pyrrole nitrogens is 2. The largest absolute Gasteiger partial charge is 0.325 e. The number of rotatable bonds is 6. The van der Waals surface area contributed by atoms with E-state index < -0.39 is 22.1 Å². The Morgan fingerprint density at radius 2 is 2.04 bits per heavy atom. The Morgan fingerprint density at radius 3 is 2.72 bits per heavy atom. The number of carbonyl (C=O) groups is 1. The molecule has 10 nitrogen and oxygen atoms in total. The standard InChI is InChI=1S/C15H15N5O5/c1-9-11(14(22)18-15(23)17-9)6-7-13(21)19-16-8-10-4-2-3-5-12(10)20(24)25/h2-5,8H,6-7H2,1H3,(H,19,21)(H2,17,18,22,23)/b16-8+. The molecule has 0 spiro atoms. The van der Waals surface area contributed by atoms with Crippen LogP contribution in [0.15, 0.2) is 39.0 Å². The third kappa shape index (κ3) is 4.70. The van der Waals surface area contributed by atoms with Gasteiger partial charge < -0.3 is 4.98 Å². The second-order valence-corrected chi connectivity index (χ2v) is 5.12. The quantitative estimate of drug-likeness (QED) is 0.392. The van der Waals surface area contributed by atoms with Gasteiger partial charge >= 0.3 is 5.69 Å². The molecule has 1 aromatic heterocycles. The van der Waals surface area contributed by atoms with Crippen LogP contribution in [0.1, 0.15) is 23.2 Å². The lowest BCUT2D eigenvalue weighted by Crippen LogP contribution is -2.28. The average Bonchev–Trinajstić information content (AvgIpc) is 2.54. The predicted octanol–water partition coefficient (Wildman–Crippen LogP) is 0.363. The van der Waals surface area contributed by atoms with E-state index in [2.05, 4.69) is 20.5 Å². The van der Waals surface area contributed by atoms with Gasteiger partial charge in [0.25, 0.3) is 11.2 Å². The first-order valence-electron chi connectivity index (χ1n) is 7.26. The number of aromatic nitrogens is 2. The summed E-state index contributed by atoms with van der Waals surface area (Å²) in [5.74, 6) is -0.472. The summed E-state index contributed by atoms with van der Waals surface area (Å²) < 4.78 is 0. The average molecular weight is 345 g/mol. The fourth-order valence-electron chi connectivity index (χ4n) is 2.16. The number of hydrogen-bond acceptors (Lipinski definition) is 6. The number of aromatic amines is 2. The number of nitro benzene ring substituents is 1. The summed E-state index contributed by atoms with van der Waals surface area (Å²) in [7, 11) is 0. The second kappa shape index (κ2) is 7.81. The normalized spacial score (nSPS) is 10.8. The van der Waals surface area contributed by atoms with Crippen LogP contribution in [-0.4, -0.2) is 27.0 Å². The van der Waals surface area contributed by atoms with Crippen molar-refractivity contribution in [3.63, 3.8) is 0 Å². The topological polar surface area (TPSA) is 150 Å². The molecule has 1 aromatic carbocycles. The van der Waals surface area contributed by atoms with Gasteiger partial charge in [0.1, 0.15) is 0 Å². The minimum atomic E-state index is -0.607. The number of hydrogen-bond donors (Lipinski definition) is 3. The fraction of sp³-hybridized carbons (Fsp3) is 0.200. The van der Waals surface area contributed by atoms with Crippen molar-refractivity contribution >= 4 is 17.8 Å². The Balaban J connectivity index is 1.97. The van der Waals surface area contributed by atoms with Gasteiger partial charge in [-0.25, -0.2) is 10.2 Å². The highest BCUT2D eigenvalue weighted by Crippen LogP contribution is 2.14. The van der Waals surface area contributed by atoms with Crippen molar-refractivity contribution < 1.29 is 9.72 Å². The molecule has 0 fully saturated rings. The van der Waals surface area contributed by atoms with Crippen LogP contribution in [0.25, 0.3) is 0 Å². The predicted molar refractivity (Wildman–Crippen MR) is 89.6 cm³/mol. The maximum atomic E-state index is 11.8. The third-order valence-corrected chi connectivity index (χ3v) is 3.38. The number of hydrazone groups is 1. The lowest BCUT2D eigenvalue weighted by Gasteiger charge is -2.03. The van der Waals surface area contributed by atoms with E-state index in [-0.39, 0.29) is 24.1 Å². The SMILES string of the molecule is Cc1[nH]c(=O)[nH]c(=O)c1CCC(=O)N/N=C/c1ccccc1[N+](=O)[O-]. The van der Waals surface area contributed by atoms with Crippen LogP contribution in [0.4, 0.5) is 5.69 Å². The highest BCUT2D eigenvalue weighted by atomic mass is 16.6. The molecular weight excluding hydrogens is 330 g/mol. The Morgan fingerprint density at radius 1 is 1.32 bits per heavy atom. The van der Waals surface area contributed by atoms with Crippen LogP contribution < -0.4 is 16.7 Å². The van der Waals surface area contributed by atoms with Crippen molar-refractivity contribution in [2.45, 2.75) is 19.8 Å². The first-order chi connectivity index (χ1) is 11.9. The lowest BCUT2D eigenvalue weighted by molar-refractivity contribution is -0.385. The molecule has 0 aliphatic carbocycles. The number of aryl methyl sites for hydroxylation is 1. The van der Waals surface area contributed by atoms with E-state index in [9.17, 15) is 24.5 Å². The van der Waals surface area contributed by atoms with Crippen LogP contribution in [0, 0.1) is 17.0 Å². The number of benzene rings is 1. The zero-order valence-corrected chi connectivity index (χ0v) is 13.2. The minimum absolute atomic E-state index is 0.0375. The van der Waals surface area contributed by atoms with Crippen molar-refractivity contribution in [2.75, 3.05) is 0 Å². The highest BCUT2D eigenvalue weighted by molar-refractivity contribution is 5.86. The Bertz CT molecular complexity index is 944. The molecule has 2 aromatic rings. The molecule has 0 aliphatic rings. The lowest BCUT2D eigenvalue weighted by atomic mass is 10.1. The molecule has 2 rings (SSSR count). The molecule has 0 aliphatic heterocycles. The van der Waals surface area contributed by atoms with E-state index in [4.69, 9.17) is 0 Å². The van der Waals surface area contributed by atoms with Gasteiger partial charge in [0.15, 0.2) is 0 Å². The summed E-state index contributed by atoms with van der Waals surface area (Å²) in [5, 5.41) is 14.5. The number of amides is 1. The Labute approximate surface area is 140 Å². The van der Waals surface area contributed by atoms with Gasteiger partial charge in [0, 0.05) is 23.7 Å². The minimum Gasteiger partial charge on any atom is -0.311 e. The van der Waals surface area contributed by atoms with Gasteiger partial charge in [-0.1, -0.05) is 12.1 Å². The van der Waals surface area contributed by atoms with E-state index in [0.29, 0.717) is 11.3 Å². The molecule has 10 heteroatoms. The molecule has 1 amide bonds. The van der Waals surface area contributed by atoms with E-state index in [0.717, 1.165) is 0 Å². The zero-order valence-electron chi connectivity index (χ0n) is 13.2. The van der Waals surface area contributed by atoms with Gasteiger partial charge in [0.05, 0.1) is 16.7 Å². The number of carbonyl (C=O) groups excluding carboxylic acids is 1. The molecule has 25 heavy (non-hydrogen) atoms. The van der Waals surface area contributed by atoms with Crippen LogP contribution >= 0.6 is 0 Å². The highest BCUT2D eigenvalue weighted by Gasteiger charge is 2.11. The zero-order chi connectivity index (χ0) is 18.4. The van der Waals surface area contributed by atoms with Gasteiger partial charge in [-0.3, -0.25) is 24.7 Å². The Hall–Kier alpha value is -3.56. The summed E-state index contributed by atoms with van der Waals surface area (Å²) in [5.41, 5.74) is 1.91. The van der Waals surface area contributed by atoms with Crippen molar-refractivity contribution in [3.8, 4) is 0 Å². The number of nitrogens with one attached hydrogen (secondary N) is 3. The van der Waals surface area contributed by atoms with E-state index in [1.165, 1.54) is 24.4 Å². The molecule has 1 heterocycles. The molecule has 130 valence electrons. The molecule has 0 atom stereocenters. The molecule has 0 unspecified atom stereocenters. The first kappa shape index (κ1) is 17.8. The number of nitrogens with zero attached hydrogens (tertiary/aromatic N) is 2. The molecule has 0 radical (unpaired) electrons. The van der Waals surface area contributed by atoms with Gasteiger partial charge in [-0.15, -0.1) is 0 Å². The monoisotopic (exact) mass is 345 g/mol. The second-order valence-electron chi connectivity index (χ2n) is 5.12. The van der Waals surface area contributed by atoms with Crippen molar-refractivity contribution in [3.05, 3.63) is 72.0 Å².